The maximum absolute atomic E-state index is 8.97. The predicted molar refractivity (Wildman–Crippen MR) is 82.9 cm³/mol. The molecule has 0 amide bonds. The molecule has 3 aromatic rings. The third kappa shape index (κ3) is 2.86. The minimum Gasteiger partial charge on any atom is -0.221 e. The van der Waals surface area contributed by atoms with E-state index in [0.717, 1.165) is 23.4 Å². The Labute approximate surface area is 128 Å². The van der Waals surface area contributed by atoms with Gasteiger partial charge in [-0.15, -0.1) is 5.10 Å². The summed E-state index contributed by atoms with van der Waals surface area (Å²) in [6.07, 6.45) is 1.01. The molecule has 0 bridgehead atoms. The molecule has 1 heterocycles. The van der Waals surface area contributed by atoms with Crippen molar-refractivity contribution in [2.45, 2.75) is 19.9 Å². The average Bonchev–Trinajstić information content (AvgIpc) is 3.03. The normalized spacial score (nSPS) is 10.4. The largest absolute Gasteiger partial charge is 0.221 e. The van der Waals surface area contributed by atoms with E-state index in [1.807, 2.05) is 30.3 Å². The second kappa shape index (κ2) is 6.19. The van der Waals surface area contributed by atoms with Crippen molar-refractivity contribution in [2.75, 3.05) is 0 Å². The fourth-order valence-electron chi connectivity index (χ4n) is 2.32. The molecule has 3 rings (SSSR count). The monoisotopic (exact) mass is 289 g/mol. The molecule has 0 unspecified atom stereocenters. The van der Waals surface area contributed by atoms with E-state index in [9.17, 15) is 0 Å². The molecular weight excluding hydrogens is 274 g/mol. The molecule has 0 radical (unpaired) electrons. The van der Waals surface area contributed by atoms with Crippen molar-refractivity contribution in [1.29, 1.82) is 5.26 Å². The van der Waals surface area contributed by atoms with E-state index < -0.39 is 0 Å². The van der Waals surface area contributed by atoms with Crippen LogP contribution in [0, 0.1) is 11.3 Å². The first-order valence-electron chi connectivity index (χ1n) is 7.14. The van der Waals surface area contributed by atoms with Gasteiger partial charge in [0.15, 0.2) is 5.82 Å². The van der Waals surface area contributed by atoms with Crippen LogP contribution >= 0.6 is 0 Å². The average molecular weight is 289 g/mol. The number of hydrogen-bond acceptors (Lipinski definition) is 4. The summed E-state index contributed by atoms with van der Waals surface area (Å²) < 4.78 is 1.75. The lowest BCUT2D eigenvalue weighted by molar-refractivity contribution is 0.653. The van der Waals surface area contributed by atoms with Crippen LogP contribution in [0.2, 0.25) is 0 Å². The Morgan fingerprint density at radius 3 is 2.64 bits per heavy atom. The van der Waals surface area contributed by atoms with Crippen LogP contribution in [-0.4, -0.2) is 20.2 Å². The van der Waals surface area contributed by atoms with Gasteiger partial charge in [0.05, 0.1) is 18.2 Å². The number of hydrogen-bond donors (Lipinski definition) is 0. The number of nitriles is 1. The van der Waals surface area contributed by atoms with Gasteiger partial charge in [0.2, 0.25) is 0 Å². The van der Waals surface area contributed by atoms with E-state index in [1.54, 1.807) is 10.7 Å². The summed E-state index contributed by atoms with van der Waals surface area (Å²) in [5.41, 5.74) is 3.90. The number of aryl methyl sites for hydroxylation is 1. The second-order valence-corrected chi connectivity index (χ2v) is 5.02. The first kappa shape index (κ1) is 14.0. The smallest absolute Gasteiger partial charge is 0.182 e. The highest BCUT2D eigenvalue weighted by molar-refractivity contribution is 5.55. The van der Waals surface area contributed by atoms with Gasteiger partial charge in [-0.2, -0.15) is 5.26 Å². The van der Waals surface area contributed by atoms with Crippen LogP contribution in [0.25, 0.3) is 11.4 Å². The van der Waals surface area contributed by atoms with E-state index >= 15 is 0 Å². The SMILES string of the molecule is CCc1ccc(-c2nnnn2Cc2cccc(C#N)c2)cc1. The van der Waals surface area contributed by atoms with Crippen LogP contribution in [0.3, 0.4) is 0 Å². The second-order valence-electron chi connectivity index (χ2n) is 5.02. The maximum Gasteiger partial charge on any atom is 0.182 e. The van der Waals surface area contributed by atoms with Crippen molar-refractivity contribution in [3.05, 3.63) is 65.2 Å². The van der Waals surface area contributed by atoms with Gasteiger partial charge in [0, 0.05) is 5.56 Å². The molecule has 22 heavy (non-hydrogen) atoms. The van der Waals surface area contributed by atoms with E-state index in [2.05, 4.69) is 40.7 Å². The molecule has 0 aliphatic carbocycles. The van der Waals surface area contributed by atoms with Crippen molar-refractivity contribution in [3.63, 3.8) is 0 Å². The molecule has 108 valence electrons. The third-order valence-corrected chi connectivity index (χ3v) is 3.54. The van der Waals surface area contributed by atoms with Gasteiger partial charge >= 0.3 is 0 Å². The molecule has 0 saturated carbocycles. The molecule has 0 fully saturated rings. The molecule has 0 saturated heterocycles. The third-order valence-electron chi connectivity index (χ3n) is 3.54. The summed E-state index contributed by atoms with van der Waals surface area (Å²) in [6, 6.07) is 17.9. The molecular formula is C17H15N5. The highest BCUT2D eigenvalue weighted by Gasteiger charge is 2.09. The van der Waals surface area contributed by atoms with E-state index in [0.29, 0.717) is 12.1 Å². The highest BCUT2D eigenvalue weighted by atomic mass is 15.5. The van der Waals surface area contributed by atoms with Gasteiger partial charge in [0.1, 0.15) is 0 Å². The minimum absolute atomic E-state index is 0.535. The first-order valence-corrected chi connectivity index (χ1v) is 7.14. The van der Waals surface area contributed by atoms with Crippen LogP contribution in [0.5, 0.6) is 0 Å². The Bertz CT molecular complexity index is 812. The quantitative estimate of drug-likeness (QED) is 0.740. The summed E-state index contributed by atoms with van der Waals surface area (Å²) in [4.78, 5) is 0. The van der Waals surface area contributed by atoms with Crippen molar-refractivity contribution < 1.29 is 0 Å². The van der Waals surface area contributed by atoms with Crippen LogP contribution < -0.4 is 0 Å². The molecule has 5 heteroatoms. The van der Waals surface area contributed by atoms with Crippen LogP contribution in [0.15, 0.2) is 48.5 Å². The lowest BCUT2D eigenvalue weighted by Crippen LogP contribution is -2.04. The van der Waals surface area contributed by atoms with Gasteiger partial charge in [0.25, 0.3) is 0 Å². The zero-order valence-corrected chi connectivity index (χ0v) is 12.3. The maximum atomic E-state index is 8.97. The molecule has 0 N–H and O–H groups in total. The fourth-order valence-corrected chi connectivity index (χ4v) is 2.32. The zero-order chi connectivity index (χ0) is 15.4. The zero-order valence-electron chi connectivity index (χ0n) is 12.3. The number of benzene rings is 2. The van der Waals surface area contributed by atoms with Crippen molar-refractivity contribution in [2.24, 2.45) is 0 Å². The molecule has 0 aliphatic heterocycles. The molecule has 5 nitrogen and oxygen atoms in total. The minimum atomic E-state index is 0.535. The van der Waals surface area contributed by atoms with E-state index in [1.165, 1.54) is 5.56 Å². The number of rotatable bonds is 4. The lowest BCUT2D eigenvalue weighted by Gasteiger charge is -2.06. The van der Waals surface area contributed by atoms with Gasteiger partial charge in [-0.1, -0.05) is 43.3 Å². The predicted octanol–water partition coefficient (Wildman–Crippen LogP) is 2.82. The van der Waals surface area contributed by atoms with Gasteiger partial charge in [-0.25, -0.2) is 4.68 Å². The Morgan fingerprint density at radius 1 is 1.09 bits per heavy atom. The van der Waals surface area contributed by atoms with Crippen LogP contribution in [-0.2, 0) is 13.0 Å². The van der Waals surface area contributed by atoms with Crippen molar-refractivity contribution >= 4 is 0 Å². The Balaban J connectivity index is 1.89. The molecule has 0 spiro atoms. The number of aromatic nitrogens is 4. The molecule has 2 aromatic carbocycles. The molecule has 1 aromatic heterocycles. The van der Waals surface area contributed by atoms with E-state index in [-0.39, 0.29) is 0 Å². The van der Waals surface area contributed by atoms with Crippen LogP contribution in [0.1, 0.15) is 23.6 Å². The number of tetrazole rings is 1. The molecule has 0 atom stereocenters. The topological polar surface area (TPSA) is 67.4 Å². The Hall–Kier alpha value is -3.00. The Kier molecular flexibility index (Phi) is 3.92. The summed E-state index contributed by atoms with van der Waals surface area (Å²) in [5, 5.41) is 20.9. The van der Waals surface area contributed by atoms with Gasteiger partial charge in [-0.3, -0.25) is 0 Å². The lowest BCUT2D eigenvalue weighted by atomic mass is 10.1. The fraction of sp³-hybridized carbons (Fsp3) is 0.176. The van der Waals surface area contributed by atoms with E-state index in [4.69, 9.17) is 5.26 Å². The van der Waals surface area contributed by atoms with Crippen molar-refractivity contribution in [3.8, 4) is 17.5 Å². The summed E-state index contributed by atoms with van der Waals surface area (Å²) in [6.45, 7) is 2.66. The summed E-state index contributed by atoms with van der Waals surface area (Å²) in [7, 11) is 0. The number of nitrogens with zero attached hydrogens (tertiary/aromatic N) is 5. The van der Waals surface area contributed by atoms with Gasteiger partial charge < -0.3 is 0 Å². The van der Waals surface area contributed by atoms with Crippen LogP contribution in [0.4, 0.5) is 0 Å². The molecule has 0 aliphatic rings. The first-order chi connectivity index (χ1) is 10.8. The highest BCUT2D eigenvalue weighted by Crippen LogP contribution is 2.18. The standard InChI is InChI=1S/C17H15N5/c1-2-13-6-8-16(9-7-13)17-19-20-21-22(17)12-15-5-3-4-14(10-15)11-18/h3-10H,2,12H2,1H3. The van der Waals surface area contributed by atoms with Gasteiger partial charge in [-0.05, 0) is 40.1 Å². The Morgan fingerprint density at radius 2 is 1.91 bits per heavy atom. The summed E-state index contributed by atoms with van der Waals surface area (Å²) >= 11 is 0. The van der Waals surface area contributed by atoms with Crippen molar-refractivity contribution in [1.82, 2.24) is 20.2 Å². The summed E-state index contributed by atoms with van der Waals surface area (Å²) in [5.74, 6) is 0.727.